The molecular weight excluding hydrogens is 450 g/mol. The molecule has 6 heteroatoms. The normalized spacial score (nSPS) is 23.9. The molecule has 0 heterocycles. The Labute approximate surface area is 207 Å². The molecule has 2 aliphatic rings. The molecule has 0 saturated heterocycles. The van der Waals surface area contributed by atoms with Crippen molar-refractivity contribution in [1.29, 1.82) is 0 Å². The molecule has 2 saturated carbocycles. The number of carbonyl (C=O) groups is 1. The first-order chi connectivity index (χ1) is 17.0. The SMILES string of the molecule is CCCC1CCC2CC(OC(=O)c3ccc(COc4ccc(OCC)c(F)c4F)cc3)CCC2C1. The van der Waals surface area contributed by atoms with Gasteiger partial charge in [0.2, 0.25) is 11.6 Å². The third-order valence-corrected chi connectivity index (χ3v) is 7.54. The zero-order valence-corrected chi connectivity index (χ0v) is 20.7. The first-order valence-corrected chi connectivity index (χ1v) is 13.0. The van der Waals surface area contributed by atoms with E-state index < -0.39 is 11.6 Å². The van der Waals surface area contributed by atoms with Gasteiger partial charge >= 0.3 is 5.97 Å². The lowest BCUT2D eigenvalue weighted by atomic mass is 9.66. The molecule has 0 N–H and O–H groups in total. The smallest absolute Gasteiger partial charge is 0.338 e. The van der Waals surface area contributed by atoms with E-state index in [9.17, 15) is 13.6 Å². The topological polar surface area (TPSA) is 44.8 Å². The fourth-order valence-electron chi connectivity index (χ4n) is 5.73. The second-order valence-corrected chi connectivity index (χ2v) is 9.94. The van der Waals surface area contributed by atoms with Crippen LogP contribution in [0, 0.1) is 29.4 Å². The van der Waals surface area contributed by atoms with Gasteiger partial charge in [-0.3, -0.25) is 0 Å². The van der Waals surface area contributed by atoms with Crippen LogP contribution in [0.2, 0.25) is 0 Å². The van der Waals surface area contributed by atoms with Gasteiger partial charge in [-0.25, -0.2) is 4.79 Å². The monoisotopic (exact) mass is 486 g/mol. The van der Waals surface area contributed by atoms with Crippen molar-refractivity contribution in [3.63, 3.8) is 0 Å². The molecule has 4 unspecified atom stereocenters. The molecule has 2 aliphatic carbocycles. The van der Waals surface area contributed by atoms with Gasteiger partial charge in [0.15, 0.2) is 11.5 Å². The number of rotatable bonds is 9. The Hall–Kier alpha value is -2.63. The van der Waals surface area contributed by atoms with E-state index >= 15 is 0 Å². The van der Waals surface area contributed by atoms with Crippen molar-refractivity contribution >= 4 is 5.97 Å². The fourth-order valence-corrected chi connectivity index (χ4v) is 5.73. The number of esters is 1. The van der Waals surface area contributed by atoms with E-state index in [2.05, 4.69) is 6.92 Å². The predicted octanol–water partition coefficient (Wildman–Crippen LogP) is 7.48. The number of ether oxygens (including phenoxy) is 3. The van der Waals surface area contributed by atoms with Crippen molar-refractivity contribution in [2.24, 2.45) is 17.8 Å². The minimum atomic E-state index is -1.08. The van der Waals surface area contributed by atoms with Crippen LogP contribution in [-0.4, -0.2) is 18.7 Å². The van der Waals surface area contributed by atoms with Crippen LogP contribution in [0.25, 0.3) is 0 Å². The molecule has 0 bridgehead atoms. The van der Waals surface area contributed by atoms with E-state index in [0.29, 0.717) is 11.5 Å². The molecule has 4 atom stereocenters. The van der Waals surface area contributed by atoms with Gasteiger partial charge < -0.3 is 14.2 Å². The number of carbonyl (C=O) groups excluding carboxylic acids is 1. The molecule has 2 aromatic carbocycles. The average molecular weight is 487 g/mol. The van der Waals surface area contributed by atoms with E-state index in [1.807, 2.05) is 0 Å². The maximum absolute atomic E-state index is 14.2. The molecule has 0 amide bonds. The second kappa shape index (κ2) is 11.9. The van der Waals surface area contributed by atoms with Gasteiger partial charge in [-0.05, 0) is 86.6 Å². The molecule has 0 spiro atoms. The molecule has 35 heavy (non-hydrogen) atoms. The highest BCUT2D eigenvalue weighted by atomic mass is 19.2. The summed E-state index contributed by atoms with van der Waals surface area (Å²) in [5.41, 5.74) is 1.22. The Bertz CT molecular complexity index is 991. The minimum Gasteiger partial charge on any atom is -0.491 e. The molecule has 190 valence electrons. The summed E-state index contributed by atoms with van der Waals surface area (Å²) in [4.78, 5) is 12.7. The summed E-state index contributed by atoms with van der Waals surface area (Å²) in [6.07, 6.45) is 9.60. The van der Waals surface area contributed by atoms with Gasteiger partial charge in [-0.15, -0.1) is 0 Å². The number of fused-ring (bicyclic) bond motifs is 1. The van der Waals surface area contributed by atoms with Gasteiger partial charge in [0, 0.05) is 0 Å². The molecule has 2 aromatic rings. The van der Waals surface area contributed by atoms with Gasteiger partial charge in [-0.2, -0.15) is 8.78 Å². The number of hydrogen-bond acceptors (Lipinski definition) is 4. The summed E-state index contributed by atoms with van der Waals surface area (Å²) in [6, 6.07) is 9.56. The van der Waals surface area contributed by atoms with E-state index in [1.54, 1.807) is 31.2 Å². The highest BCUT2D eigenvalue weighted by Gasteiger charge is 2.36. The van der Waals surface area contributed by atoms with Crippen LogP contribution >= 0.6 is 0 Å². The van der Waals surface area contributed by atoms with E-state index in [0.717, 1.165) is 36.7 Å². The maximum atomic E-state index is 14.2. The lowest BCUT2D eigenvalue weighted by Gasteiger charge is -2.41. The van der Waals surface area contributed by atoms with Crippen molar-refractivity contribution in [2.45, 2.75) is 77.9 Å². The largest absolute Gasteiger partial charge is 0.491 e. The molecular formula is C29H36F2O4. The summed E-state index contributed by atoms with van der Waals surface area (Å²) in [6.45, 7) is 4.26. The van der Waals surface area contributed by atoms with Crippen molar-refractivity contribution in [2.75, 3.05) is 6.61 Å². The van der Waals surface area contributed by atoms with Crippen LogP contribution in [-0.2, 0) is 11.3 Å². The zero-order valence-electron chi connectivity index (χ0n) is 20.7. The molecule has 0 radical (unpaired) electrons. The Morgan fingerprint density at radius 2 is 1.51 bits per heavy atom. The highest BCUT2D eigenvalue weighted by molar-refractivity contribution is 5.89. The Morgan fingerprint density at radius 3 is 2.20 bits per heavy atom. The standard InChI is InChI=1S/C29H36F2O4/c1-3-5-19-6-11-23-17-24(13-12-22(23)16-19)35-29(32)21-9-7-20(8-10-21)18-34-26-15-14-25(33-4-2)27(30)28(26)31/h7-10,14-15,19,22-24H,3-6,11-13,16-18H2,1-2H3. The first kappa shape index (κ1) is 25.5. The molecule has 0 aliphatic heterocycles. The van der Waals surface area contributed by atoms with Gasteiger partial charge in [0.1, 0.15) is 12.7 Å². The van der Waals surface area contributed by atoms with Crippen LogP contribution in [0.4, 0.5) is 8.78 Å². The lowest BCUT2D eigenvalue weighted by molar-refractivity contribution is -0.00621. The molecule has 0 aromatic heterocycles. The van der Waals surface area contributed by atoms with Crippen molar-refractivity contribution < 1.29 is 27.8 Å². The number of halogens is 2. The Balaban J connectivity index is 1.27. The molecule has 4 nitrogen and oxygen atoms in total. The molecule has 2 fully saturated rings. The van der Waals surface area contributed by atoms with E-state index in [4.69, 9.17) is 14.2 Å². The molecule has 4 rings (SSSR count). The Morgan fingerprint density at radius 1 is 0.857 bits per heavy atom. The second-order valence-electron chi connectivity index (χ2n) is 9.94. The third-order valence-electron chi connectivity index (χ3n) is 7.54. The quantitative estimate of drug-likeness (QED) is 0.345. The average Bonchev–Trinajstić information content (AvgIpc) is 2.87. The predicted molar refractivity (Wildman–Crippen MR) is 131 cm³/mol. The van der Waals surface area contributed by atoms with Gasteiger partial charge in [0.05, 0.1) is 12.2 Å². The summed E-state index contributed by atoms with van der Waals surface area (Å²) >= 11 is 0. The summed E-state index contributed by atoms with van der Waals surface area (Å²) in [5.74, 6) is -0.417. The van der Waals surface area contributed by atoms with Crippen LogP contribution in [0.1, 0.15) is 81.1 Å². The van der Waals surface area contributed by atoms with Crippen LogP contribution in [0.3, 0.4) is 0 Å². The van der Waals surface area contributed by atoms with Crippen LogP contribution in [0.15, 0.2) is 36.4 Å². The minimum absolute atomic E-state index is 0.00739. The summed E-state index contributed by atoms with van der Waals surface area (Å²) in [7, 11) is 0. The van der Waals surface area contributed by atoms with Crippen molar-refractivity contribution in [3.8, 4) is 11.5 Å². The number of hydrogen-bond donors (Lipinski definition) is 0. The zero-order chi connectivity index (χ0) is 24.8. The van der Waals surface area contributed by atoms with E-state index in [1.165, 1.54) is 44.2 Å². The lowest BCUT2D eigenvalue weighted by Crippen LogP contribution is -2.35. The maximum Gasteiger partial charge on any atom is 0.338 e. The number of benzene rings is 2. The summed E-state index contributed by atoms with van der Waals surface area (Å²) < 4.78 is 44.6. The summed E-state index contributed by atoms with van der Waals surface area (Å²) in [5, 5.41) is 0. The van der Waals surface area contributed by atoms with Crippen molar-refractivity contribution in [3.05, 3.63) is 59.2 Å². The van der Waals surface area contributed by atoms with E-state index in [-0.39, 0.29) is 36.8 Å². The Kier molecular flexibility index (Phi) is 8.64. The fraction of sp³-hybridized carbons (Fsp3) is 0.552. The van der Waals surface area contributed by atoms with Crippen LogP contribution < -0.4 is 9.47 Å². The first-order valence-electron chi connectivity index (χ1n) is 13.0. The van der Waals surface area contributed by atoms with Gasteiger partial charge in [-0.1, -0.05) is 38.3 Å². The highest BCUT2D eigenvalue weighted by Crippen LogP contribution is 2.44. The van der Waals surface area contributed by atoms with Crippen LogP contribution in [0.5, 0.6) is 11.5 Å². The van der Waals surface area contributed by atoms with Gasteiger partial charge in [0.25, 0.3) is 0 Å². The van der Waals surface area contributed by atoms with Crippen molar-refractivity contribution in [1.82, 2.24) is 0 Å². The third kappa shape index (κ3) is 6.33.